The third-order valence-electron chi connectivity index (χ3n) is 2.62. The average molecular weight is 349 g/mol. The number of carboxylic acids is 1. The Balaban J connectivity index is 2.69. The summed E-state index contributed by atoms with van der Waals surface area (Å²) < 4.78 is 14.4. The van der Waals surface area contributed by atoms with Crippen molar-refractivity contribution in [3.8, 4) is 0 Å². The summed E-state index contributed by atoms with van der Waals surface area (Å²) in [4.78, 5) is 22.2. The summed E-state index contributed by atoms with van der Waals surface area (Å²) in [5.41, 5.74) is -1.80. The number of aliphatic hydroxyl groups is 1. The number of carbonyl (C=O) groups is 2. The fraction of sp³-hybridized carbons (Fsp3) is 0.333. The van der Waals surface area contributed by atoms with Crippen LogP contribution in [0.4, 0.5) is 14.9 Å². The highest BCUT2D eigenvalue weighted by molar-refractivity contribution is 9.10. The Morgan fingerprint density at radius 3 is 2.60 bits per heavy atom. The fourth-order valence-electron chi connectivity index (χ4n) is 1.25. The van der Waals surface area contributed by atoms with Gasteiger partial charge in [-0.15, -0.1) is 0 Å². The zero-order chi connectivity index (χ0) is 15.5. The van der Waals surface area contributed by atoms with Crippen LogP contribution in [0.2, 0.25) is 0 Å². The van der Waals surface area contributed by atoms with Crippen LogP contribution < -0.4 is 10.6 Å². The molecule has 8 heteroatoms. The molecule has 20 heavy (non-hydrogen) atoms. The van der Waals surface area contributed by atoms with Crippen LogP contribution in [0.1, 0.15) is 12.5 Å². The van der Waals surface area contributed by atoms with Gasteiger partial charge in [0.05, 0.1) is 12.2 Å². The van der Waals surface area contributed by atoms with Gasteiger partial charge in [-0.25, -0.2) is 14.0 Å². The first-order valence-corrected chi connectivity index (χ1v) is 6.39. The number of carboxylic acid groups (broad SMARTS) is 1. The average Bonchev–Trinajstić information content (AvgIpc) is 2.37. The Kier molecular flexibility index (Phi) is 5.07. The quantitative estimate of drug-likeness (QED) is 0.667. The van der Waals surface area contributed by atoms with Crippen molar-refractivity contribution in [2.75, 3.05) is 11.9 Å². The number of carbonyl (C=O) groups excluding carboxylic acids is 1. The Labute approximate surface area is 123 Å². The molecule has 2 amide bonds. The Hall–Kier alpha value is -1.67. The molecule has 0 aliphatic heterocycles. The van der Waals surface area contributed by atoms with E-state index in [1.54, 1.807) is 6.07 Å². The maximum Gasteiger partial charge on any atom is 0.337 e. The molecule has 0 aliphatic carbocycles. The van der Waals surface area contributed by atoms with E-state index in [2.05, 4.69) is 26.6 Å². The fourth-order valence-corrected chi connectivity index (χ4v) is 1.56. The van der Waals surface area contributed by atoms with Gasteiger partial charge in [-0.1, -0.05) is 15.9 Å². The summed E-state index contributed by atoms with van der Waals surface area (Å²) in [7, 11) is 0. The maximum atomic E-state index is 13.8. The van der Waals surface area contributed by atoms with Crippen molar-refractivity contribution in [2.45, 2.75) is 19.4 Å². The number of nitrogens with one attached hydrogen (secondary N) is 2. The number of amides is 2. The molecule has 1 unspecified atom stereocenters. The first-order valence-electron chi connectivity index (χ1n) is 5.60. The molecule has 4 N–H and O–H groups in total. The predicted octanol–water partition coefficient (Wildman–Crippen LogP) is 1.85. The van der Waals surface area contributed by atoms with Gasteiger partial charge in [0, 0.05) is 10.0 Å². The molecule has 0 saturated carbocycles. The lowest BCUT2D eigenvalue weighted by molar-refractivity contribution is -0.155. The molecule has 0 aliphatic rings. The highest BCUT2D eigenvalue weighted by Gasteiger charge is 2.30. The standard InChI is InChI=1S/C12H14BrFN2O4/c1-6-7(13)3-4-8(9(6)14)16-11(19)15-5-12(2,20)10(17)18/h3-4,20H,5H2,1-2H3,(H,17,18)(H2,15,16,19). The third kappa shape index (κ3) is 3.91. The summed E-state index contributed by atoms with van der Waals surface area (Å²) >= 11 is 3.15. The van der Waals surface area contributed by atoms with Gasteiger partial charge in [0.15, 0.2) is 11.4 Å². The molecule has 1 atom stereocenters. The van der Waals surface area contributed by atoms with Crippen LogP contribution in [0.15, 0.2) is 16.6 Å². The number of rotatable bonds is 4. The first-order chi connectivity index (χ1) is 9.15. The zero-order valence-corrected chi connectivity index (χ0v) is 12.4. The van der Waals surface area contributed by atoms with E-state index >= 15 is 0 Å². The van der Waals surface area contributed by atoms with E-state index in [1.807, 2.05) is 0 Å². The third-order valence-corrected chi connectivity index (χ3v) is 3.48. The van der Waals surface area contributed by atoms with Crippen molar-refractivity contribution in [1.82, 2.24) is 5.32 Å². The smallest absolute Gasteiger partial charge is 0.337 e. The summed E-state index contributed by atoms with van der Waals surface area (Å²) in [5, 5.41) is 22.5. The van der Waals surface area contributed by atoms with Gasteiger partial charge in [-0.05, 0) is 26.0 Å². The number of halogens is 2. The normalized spacial score (nSPS) is 13.4. The van der Waals surface area contributed by atoms with E-state index in [4.69, 9.17) is 5.11 Å². The van der Waals surface area contributed by atoms with E-state index in [-0.39, 0.29) is 5.69 Å². The molecule has 0 heterocycles. The van der Waals surface area contributed by atoms with E-state index in [9.17, 15) is 19.1 Å². The lowest BCUT2D eigenvalue weighted by atomic mass is 10.1. The van der Waals surface area contributed by atoms with Gasteiger partial charge in [0.2, 0.25) is 0 Å². The monoisotopic (exact) mass is 348 g/mol. The first kappa shape index (κ1) is 16.4. The molecule has 1 aromatic rings. The summed E-state index contributed by atoms with van der Waals surface area (Å²) in [5.74, 6) is -2.07. The van der Waals surface area contributed by atoms with Gasteiger partial charge in [0.25, 0.3) is 0 Å². The molecule has 0 bridgehead atoms. The Morgan fingerprint density at radius 1 is 1.45 bits per heavy atom. The van der Waals surface area contributed by atoms with Crippen molar-refractivity contribution < 1.29 is 24.2 Å². The molecule has 0 aromatic heterocycles. The maximum absolute atomic E-state index is 13.8. The van der Waals surface area contributed by atoms with Crippen LogP contribution in [-0.2, 0) is 4.79 Å². The van der Waals surface area contributed by atoms with Gasteiger partial charge in [-0.3, -0.25) is 0 Å². The molecule has 0 radical (unpaired) electrons. The van der Waals surface area contributed by atoms with Crippen LogP contribution >= 0.6 is 15.9 Å². The van der Waals surface area contributed by atoms with Crippen LogP contribution in [-0.4, -0.2) is 34.4 Å². The number of benzene rings is 1. The Bertz CT molecular complexity index is 549. The summed E-state index contributed by atoms with van der Waals surface area (Å²) in [6, 6.07) is 2.12. The molecular weight excluding hydrogens is 335 g/mol. The van der Waals surface area contributed by atoms with Crippen LogP contribution in [0.5, 0.6) is 0 Å². The second-order valence-corrected chi connectivity index (χ2v) is 5.27. The second-order valence-electron chi connectivity index (χ2n) is 4.42. The summed E-state index contributed by atoms with van der Waals surface area (Å²) in [6.45, 7) is 2.07. The Morgan fingerprint density at radius 2 is 2.05 bits per heavy atom. The van der Waals surface area contributed by atoms with Crippen molar-refractivity contribution in [3.63, 3.8) is 0 Å². The zero-order valence-electron chi connectivity index (χ0n) is 10.8. The predicted molar refractivity (Wildman–Crippen MR) is 74.1 cm³/mol. The minimum Gasteiger partial charge on any atom is -0.479 e. The molecule has 0 fully saturated rings. The molecule has 110 valence electrons. The molecule has 0 saturated heterocycles. The number of anilines is 1. The van der Waals surface area contributed by atoms with Gasteiger partial charge >= 0.3 is 12.0 Å². The number of aliphatic carboxylic acids is 1. The van der Waals surface area contributed by atoms with E-state index in [0.717, 1.165) is 6.92 Å². The summed E-state index contributed by atoms with van der Waals surface area (Å²) in [6.07, 6.45) is 0. The molecule has 0 spiro atoms. The SMILES string of the molecule is Cc1c(Br)ccc(NC(=O)NCC(C)(O)C(=O)O)c1F. The molecule has 1 aromatic carbocycles. The van der Waals surface area contributed by atoms with Crippen molar-refractivity contribution in [3.05, 3.63) is 28.0 Å². The van der Waals surface area contributed by atoms with Gasteiger partial charge < -0.3 is 20.8 Å². The highest BCUT2D eigenvalue weighted by Crippen LogP contribution is 2.24. The van der Waals surface area contributed by atoms with Gasteiger partial charge in [0.1, 0.15) is 0 Å². The van der Waals surface area contributed by atoms with Gasteiger partial charge in [-0.2, -0.15) is 0 Å². The lowest BCUT2D eigenvalue weighted by Crippen LogP contribution is -2.47. The van der Waals surface area contributed by atoms with Crippen LogP contribution in [0.25, 0.3) is 0 Å². The van der Waals surface area contributed by atoms with E-state index < -0.39 is 30.0 Å². The minimum atomic E-state index is -2.09. The molecule has 6 nitrogen and oxygen atoms in total. The molecular formula is C12H14BrFN2O4. The van der Waals surface area contributed by atoms with Crippen molar-refractivity contribution >= 4 is 33.6 Å². The van der Waals surface area contributed by atoms with Crippen molar-refractivity contribution in [2.24, 2.45) is 0 Å². The minimum absolute atomic E-state index is 0.0434. The largest absolute Gasteiger partial charge is 0.479 e. The van der Waals surface area contributed by atoms with Crippen LogP contribution in [0.3, 0.4) is 0 Å². The lowest BCUT2D eigenvalue weighted by Gasteiger charge is -2.18. The van der Waals surface area contributed by atoms with Crippen molar-refractivity contribution in [1.29, 1.82) is 0 Å². The van der Waals surface area contributed by atoms with E-state index in [0.29, 0.717) is 10.0 Å². The topological polar surface area (TPSA) is 98.7 Å². The van der Waals surface area contributed by atoms with Crippen LogP contribution in [0, 0.1) is 12.7 Å². The second kappa shape index (κ2) is 6.19. The number of hydrogen-bond donors (Lipinski definition) is 4. The highest BCUT2D eigenvalue weighted by atomic mass is 79.9. The number of urea groups is 1. The number of hydrogen-bond acceptors (Lipinski definition) is 3. The molecule has 1 rings (SSSR count). The van der Waals surface area contributed by atoms with E-state index in [1.165, 1.54) is 13.0 Å².